The molecule has 0 atom stereocenters. The van der Waals surface area contributed by atoms with Crippen molar-refractivity contribution in [1.29, 1.82) is 0 Å². The van der Waals surface area contributed by atoms with Gasteiger partial charge in [0.15, 0.2) is 0 Å². The van der Waals surface area contributed by atoms with Crippen molar-refractivity contribution in [2.45, 2.75) is 0 Å². The Bertz CT molecular complexity index is 32.5. The largest absolute Gasteiger partial charge is 2.00 e. The second kappa shape index (κ2) is 107. The Morgan fingerprint density at radius 2 is 0.727 bits per heavy atom. The topological polar surface area (TPSA) is 252 Å². The van der Waals surface area contributed by atoms with Gasteiger partial charge in [-0.3, -0.25) is 0 Å². The van der Waals surface area contributed by atoms with Gasteiger partial charge in [-0.1, -0.05) is 0 Å². The van der Waals surface area contributed by atoms with E-state index in [9.17, 15) is 0 Å². The molecule has 0 spiro atoms. The molecule has 0 aromatic rings. The average Bonchev–Trinajstić information content (AvgIpc) is 0.811. The van der Waals surface area contributed by atoms with Gasteiger partial charge in [-0.05, 0) is 6.16 Å². The molecule has 11 heavy (non-hydrogen) atoms. The molecule has 0 aromatic heterocycles. The molecule has 9 nitrogen and oxygen atoms in total. The van der Waals surface area contributed by atoms with Crippen LogP contribution >= 0.6 is 0 Å². The summed E-state index contributed by atoms with van der Waals surface area (Å²) < 4.78 is 0. The van der Waals surface area contributed by atoms with Gasteiger partial charge >= 0.3 is 17.1 Å². The Balaban J connectivity index is -0.00000000214. The molecule has 0 bridgehead atoms. The average molecular weight is 232 g/mol. The van der Waals surface area contributed by atoms with Crippen LogP contribution in [0.4, 0.5) is 4.79 Å². The molecule has 1 radical (unpaired) electrons. The van der Waals surface area contributed by atoms with Gasteiger partial charge in [0.05, 0.1) is 0 Å². The Labute approximate surface area is 72.0 Å². The van der Waals surface area contributed by atoms with Crippen LogP contribution in [0.2, 0.25) is 0 Å². The quantitative estimate of drug-likeness (QED) is 0.368. The van der Waals surface area contributed by atoms with E-state index in [0.717, 1.165) is 0 Å². The summed E-state index contributed by atoms with van der Waals surface area (Å²) in [4.78, 5) is 8.33. The first kappa shape index (κ1) is 148. The predicted molar refractivity (Wildman–Crippen MR) is 27.1 cm³/mol. The van der Waals surface area contributed by atoms with Gasteiger partial charge in [-0.2, -0.15) is 0 Å². The molecule has 0 aromatic carbocycles. The van der Waals surface area contributed by atoms with Gasteiger partial charge in [-0.25, -0.2) is 0 Å². The maximum absolute atomic E-state index is 8.33. The van der Waals surface area contributed by atoms with Crippen LogP contribution in [0.3, 0.4) is 0 Å². The second-order valence-corrected chi connectivity index (χ2v) is 0.250. The van der Waals surface area contributed by atoms with Crippen molar-refractivity contribution in [1.82, 2.24) is 0 Å². The summed E-state index contributed by atoms with van der Waals surface area (Å²) in [6, 6.07) is 0. The first-order chi connectivity index (χ1) is 1.73. The molecule has 0 aliphatic rings. The summed E-state index contributed by atoms with van der Waals surface area (Å²) in [5.41, 5.74) is 0. The molecule has 0 unspecified atom stereocenters. The van der Waals surface area contributed by atoms with Crippen LogP contribution in [-0.2, 0) is 17.1 Å². The molecule has 0 amide bonds. The molecule has 10 heteroatoms. The SMILES string of the molecule is O.O.O.O.O.O.O=C([O-])[O-].[Cu+2]. The molecule has 0 fully saturated rings. The summed E-state index contributed by atoms with van der Waals surface area (Å²) in [7, 11) is 0. The summed E-state index contributed by atoms with van der Waals surface area (Å²) in [5, 5.41) is 16.7. The standard InChI is InChI=1S/CH2O3.Cu.6H2O/c2-1(3)4;;;;;;;/h(H2,2,3,4);;6*1H2/q;+2;;;;;;/p-2. The molecule has 0 heterocycles. The van der Waals surface area contributed by atoms with Crippen molar-refractivity contribution >= 4 is 6.16 Å². The number of rotatable bonds is 0. The summed E-state index contributed by atoms with van der Waals surface area (Å²) in [6.45, 7) is 0. The van der Waals surface area contributed by atoms with Crippen LogP contribution in [0.15, 0.2) is 0 Å². The number of carboxylic acid groups (broad SMARTS) is 2. The zero-order chi connectivity index (χ0) is 3.58. The van der Waals surface area contributed by atoms with Crippen LogP contribution in [0.1, 0.15) is 0 Å². The van der Waals surface area contributed by atoms with E-state index in [1.165, 1.54) is 0 Å². The minimum absolute atomic E-state index is 0. The maximum atomic E-state index is 8.33. The molecule has 0 aliphatic heterocycles. The van der Waals surface area contributed by atoms with Crippen LogP contribution in [-0.4, -0.2) is 39.0 Å². The van der Waals surface area contributed by atoms with Crippen molar-refractivity contribution in [3.05, 3.63) is 0 Å². The number of hydrogen-bond donors (Lipinski definition) is 0. The van der Waals surface area contributed by atoms with Crippen molar-refractivity contribution in [2.24, 2.45) is 0 Å². The van der Waals surface area contributed by atoms with E-state index in [1.807, 2.05) is 0 Å². The third kappa shape index (κ3) is 2680. The molecular weight excluding hydrogens is 220 g/mol. The molecule has 0 saturated heterocycles. The van der Waals surface area contributed by atoms with E-state index < -0.39 is 6.16 Å². The number of carbonyl (C=O) groups is 1. The Hall–Kier alpha value is -0.451. The van der Waals surface area contributed by atoms with Crippen LogP contribution in [0.5, 0.6) is 0 Å². The van der Waals surface area contributed by atoms with E-state index in [1.54, 1.807) is 0 Å². The first-order valence-corrected chi connectivity index (χ1v) is 0.612. The van der Waals surface area contributed by atoms with Gasteiger partial charge in [0, 0.05) is 0 Å². The van der Waals surface area contributed by atoms with E-state index in [0.29, 0.717) is 0 Å². The minimum Gasteiger partial charge on any atom is -0.652 e. The van der Waals surface area contributed by atoms with E-state index in [2.05, 4.69) is 0 Å². The molecule has 81 valence electrons. The van der Waals surface area contributed by atoms with Crippen molar-refractivity contribution < 1.29 is 64.9 Å². The fourth-order valence-electron chi connectivity index (χ4n) is 0. The molecule has 0 saturated carbocycles. The van der Waals surface area contributed by atoms with Crippen molar-refractivity contribution in [3.8, 4) is 0 Å². The summed E-state index contributed by atoms with van der Waals surface area (Å²) >= 11 is 0. The van der Waals surface area contributed by atoms with E-state index >= 15 is 0 Å². The van der Waals surface area contributed by atoms with Crippen molar-refractivity contribution in [3.63, 3.8) is 0 Å². The Morgan fingerprint density at radius 1 is 0.727 bits per heavy atom. The zero-order valence-electron chi connectivity index (χ0n) is 5.03. The third-order valence-corrected chi connectivity index (χ3v) is 0. The van der Waals surface area contributed by atoms with Gasteiger partial charge in [0.25, 0.3) is 0 Å². The van der Waals surface area contributed by atoms with Gasteiger partial charge < -0.3 is 47.9 Å². The first-order valence-electron chi connectivity index (χ1n) is 0.612. The molecule has 0 rings (SSSR count). The number of hydrogen-bond acceptors (Lipinski definition) is 3. The second-order valence-electron chi connectivity index (χ2n) is 0.250. The van der Waals surface area contributed by atoms with E-state index in [-0.39, 0.29) is 49.9 Å². The van der Waals surface area contributed by atoms with Crippen LogP contribution < -0.4 is 10.2 Å². The smallest absolute Gasteiger partial charge is 0.652 e. The Kier molecular flexibility index (Phi) is 1440. The van der Waals surface area contributed by atoms with E-state index in [4.69, 9.17) is 15.0 Å². The van der Waals surface area contributed by atoms with Crippen LogP contribution in [0, 0.1) is 0 Å². The normalized spacial score (nSPS) is 2.18. The number of carbonyl (C=O) groups excluding carboxylic acids is 1. The predicted octanol–water partition coefficient (Wildman–Crippen LogP) is -7.40. The zero-order valence-corrected chi connectivity index (χ0v) is 5.97. The summed E-state index contributed by atoms with van der Waals surface area (Å²) in [5.74, 6) is 0. The molecule has 0 aliphatic carbocycles. The molecular formula is CH12CuO9. The minimum atomic E-state index is -2.33. The van der Waals surface area contributed by atoms with Crippen LogP contribution in [0.25, 0.3) is 0 Å². The summed E-state index contributed by atoms with van der Waals surface area (Å²) in [6.07, 6.45) is -2.33. The van der Waals surface area contributed by atoms with Gasteiger partial charge in [-0.15, -0.1) is 0 Å². The van der Waals surface area contributed by atoms with Gasteiger partial charge in [0.2, 0.25) is 0 Å². The fourth-order valence-corrected chi connectivity index (χ4v) is 0. The Morgan fingerprint density at radius 3 is 0.727 bits per heavy atom. The van der Waals surface area contributed by atoms with Gasteiger partial charge in [0.1, 0.15) is 0 Å². The third-order valence-electron chi connectivity index (χ3n) is 0. The monoisotopic (exact) mass is 231 g/mol. The fraction of sp³-hybridized carbons (Fsp3) is 0. The van der Waals surface area contributed by atoms with Crippen molar-refractivity contribution in [2.75, 3.05) is 0 Å². The maximum Gasteiger partial charge on any atom is 2.00 e. The molecule has 12 N–H and O–H groups in total.